The van der Waals surface area contributed by atoms with Gasteiger partial charge in [-0.2, -0.15) is 8.78 Å². The third kappa shape index (κ3) is 2.66. The highest BCUT2D eigenvalue weighted by Crippen LogP contribution is 2.63. The van der Waals surface area contributed by atoms with E-state index in [1.54, 1.807) is 33.9 Å². The van der Waals surface area contributed by atoms with Crippen LogP contribution in [0.1, 0.15) is 11.1 Å². The number of fused-ring (bicyclic) bond motifs is 4. The molecule has 0 saturated carbocycles. The molecule has 0 bridgehead atoms. The lowest BCUT2D eigenvalue weighted by molar-refractivity contribution is -0.189. The molecule has 0 amide bonds. The largest absolute Gasteiger partial charge is 0.493 e. The second-order valence-corrected chi connectivity index (χ2v) is 9.37. The molecule has 2 aliphatic heterocycles. The summed E-state index contributed by atoms with van der Waals surface area (Å²) < 4.78 is 52.3. The van der Waals surface area contributed by atoms with Crippen LogP contribution in [0.15, 0.2) is 39.4 Å². The Hall–Kier alpha value is -1.88. The fourth-order valence-electron chi connectivity index (χ4n) is 4.91. The number of hydrogen-bond acceptors (Lipinski definition) is 5. The van der Waals surface area contributed by atoms with Gasteiger partial charge in [0.05, 0.1) is 43.0 Å². The van der Waals surface area contributed by atoms with Crippen LogP contribution in [0.25, 0.3) is 10.9 Å². The monoisotopic (exact) mass is 572 g/mol. The molecule has 3 heterocycles. The van der Waals surface area contributed by atoms with E-state index in [1.807, 2.05) is 0 Å². The van der Waals surface area contributed by atoms with Gasteiger partial charge in [0, 0.05) is 40.4 Å². The number of aliphatic hydroxyl groups is 1. The Morgan fingerprint density at radius 3 is 2.62 bits per heavy atom. The molecule has 3 aromatic rings. The zero-order valence-corrected chi connectivity index (χ0v) is 20.5. The maximum absolute atomic E-state index is 16.3. The van der Waals surface area contributed by atoms with E-state index in [2.05, 4.69) is 31.9 Å². The number of ether oxygens (including phenoxy) is 3. The number of halogens is 4. The van der Waals surface area contributed by atoms with Crippen molar-refractivity contribution in [1.29, 1.82) is 0 Å². The molecular weight excluding hydrogens is 554 g/mol. The summed E-state index contributed by atoms with van der Waals surface area (Å²) in [7, 11) is 3.00. The number of aliphatic hydroxyl groups excluding tert-OH is 1. The predicted molar refractivity (Wildman–Crippen MR) is 123 cm³/mol. The van der Waals surface area contributed by atoms with Gasteiger partial charge in [-0.15, -0.1) is 0 Å². The normalized spacial score (nSPS) is 21.2. The number of alkyl halides is 2. The van der Waals surface area contributed by atoms with Crippen molar-refractivity contribution in [2.24, 2.45) is 0 Å². The van der Waals surface area contributed by atoms with E-state index >= 15 is 8.78 Å². The maximum Gasteiger partial charge on any atom is 0.326 e. The molecule has 2 aliphatic rings. The van der Waals surface area contributed by atoms with Gasteiger partial charge >= 0.3 is 5.92 Å². The maximum atomic E-state index is 16.3. The SMILES string of the molecule is COc1cc2c(C34OCCN3c3ccc(Br)cc3C4(F)F)cn(CCO)c2c(Br)c1OC. The number of anilines is 1. The highest BCUT2D eigenvalue weighted by atomic mass is 79.9. The van der Waals surface area contributed by atoms with Crippen molar-refractivity contribution in [2.75, 3.05) is 38.9 Å². The molecule has 1 atom stereocenters. The topological polar surface area (TPSA) is 56.1 Å². The molecule has 1 unspecified atom stereocenters. The van der Waals surface area contributed by atoms with Crippen molar-refractivity contribution in [3.05, 3.63) is 50.5 Å². The summed E-state index contributed by atoms with van der Waals surface area (Å²) in [6, 6.07) is 6.58. The Bertz CT molecular complexity index is 1230. The highest BCUT2D eigenvalue weighted by Gasteiger charge is 2.69. The predicted octanol–water partition coefficient (Wildman–Crippen LogP) is 4.97. The van der Waals surface area contributed by atoms with Gasteiger partial charge in [0.15, 0.2) is 11.5 Å². The molecule has 2 aromatic carbocycles. The van der Waals surface area contributed by atoms with E-state index in [1.165, 1.54) is 20.3 Å². The Balaban J connectivity index is 1.86. The molecule has 10 heteroatoms. The first-order chi connectivity index (χ1) is 15.3. The van der Waals surface area contributed by atoms with E-state index < -0.39 is 11.6 Å². The third-order valence-electron chi connectivity index (χ3n) is 6.17. The summed E-state index contributed by atoms with van der Waals surface area (Å²) in [4.78, 5) is 1.64. The minimum Gasteiger partial charge on any atom is -0.493 e. The Morgan fingerprint density at radius 1 is 1.16 bits per heavy atom. The summed E-state index contributed by atoms with van der Waals surface area (Å²) >= 11 is 6.88. The van der Waals surface area contributed by atoms with Crippen LogP contribution in [0.4, 0.5) is 14.5 Å². The van der Waals surface area contributed by atoms with Gasteiger partial charge in [0.1, 0.15) is 0 Å². The van der Waals surface area contributed by atoms with Crippen LogP contribution in [0.3, 0.4) is 0 Å². The number of benzene rings is 2. The van der Waals surface area contributed by atoms with Crippen molar-refractivity contribution in [1.82, 2.24) is 4.57 Å². The number of aromatic nitrogens is 1. The highest BCUT2D eigenvalue weighted by molar-refractivity contribution is 9.11. The average molecular weight is 574 g/mol. The van der Waals surface area contributed by atoms with Gasteiger partial charge in [0.25, 0.3) is 0 Å². The summed E-state index contributed by atoms with van der Waals surface area (Å²) in [6.07, 6.45) is 1.64. The minimum absolute atomic E-state index is 0.0887. The first-order valence-corrected chi connectivity index (χ1v) is 11.5. The van der Waals surface area contributed by atoms with Gasteiger partial charge in [0.2, 0.25) is 5.72 Å². The van der Waals surface area contributed by atoms with Gasteiger partial charge in [-0.3, -0.25) is 0 Å². The molecule has 0 aliphatic carbocycles. The molecule has 1 saturated heterocycles. The quantitative estimate of drug-likeness (QED) is 0.467. The van der Waals surface area contributed by atoms with Crippen LogP contribution in [0, 0.1) is 0 Å². The molecule has 5 rings (SSSR count). The standard InChI is InChI=1S/C22H20Br2F2N2O4/c1-30-17-10-13-15(11-27(5-7-29)19(13)18(24)20(17)31-2)22-21(25,26)14-9-12(23)3-4-16(14)28(22)6-8-32-22/h3-4,9-11,29H,5-8H2,1-2H3. The van der Waals surface area contributed by atoms with Crippen LogP contribution in [-0.2, 0) is 22.9 Å². The van der Waals surface area contributed by atoms with Crippen molar-refractivity contribution >= 4 is 48.5 Å². The lowest BCUT2D eigenvalue weighted by Gasteiger charge is -2.36. The first-order valence-electron chi connectivity index (χ1n) is 9.96. The van der Waals surface area contributed by atoms with E-state index in [-0.39, 0.29) is 25.3 Å². The van der Waals surface area contributed by atoms with Crippen molar-refractivity contribution in [3.8, 4) is 11.5 Å². The minimum atomic E-state index is -3.33. The van der Waals surface area contributed by atoms with E-state index in [0.717, 1.165) is 0 Å². The molecule has 32 heavy (non-hydrogen) atoms. The van der Waals surface area contributed by atoms with Gasteiger partial charge in [-0.1, -0.05) is 15.9 Å². The molecule has 0 radical (unpaired) electrons. The third-order valence-corrected chi connectivity index (χ3v) is 7.40. The lowest BCUT2D eigenvalue weighted by atomic mass is 9.93. The average Bonchev–Trinajstić information content (AvgIpc) is 3.40. The Labute approximate surface area is 199 Å². The second-order valence-electron chi connectivity index (χ2n) is 7.66. The Morgan fingerprint density at radius 2 is 1.94 bits per heavy atom. The van der Waals surface area contributed by atoms with E-state index in [4.69, 9.17) is 14.2 Å². The van der Waals surface area contributed by atoms with Gasteiger partial charge < -0.3 is 28.8 Å². The fourth-order valence-corrected chi connectivity index (χ4v) is 6.07. The van der Waals surface area contributed by atoms with Crippen molar-refractivity contribution < 1.29 is 28.1 Å². The zero-order chi connectivity index (χ0) is 22.8. The fraction of sp³-hybridized carbons (Fsp3) is 0.364. The molecule has 1 fully saturated rings. The molecule has 170 valence electrons. The lowest BCUT2D eigenvalue weighted by Crippen LogP contribution is -2.48. The number of rotatable bonds is 5. The van der Waals surface area contributed by atoms with Crippen molar-refractivity contribution in [2.45, 2.75) is 18.2 Å². The molecule has 1 N–H and O–H groups in total. The van der Waals surface area contributed by atoms with Crippen molar-refractivity contribution in [3.63, 3.8) is 0 Å². The van der Waals surface area contributed by atoms with Crippen LogP contribution in [0.5, 0.6) is 11.5 Å². The molecular formula is C22H20Br2F2N2O4. The summed E-state index contributed by atoms with van der Waals surface area (Å²) in [5.41, 5.74) is -0.747. The summed E-state index contributed by atoms with van der Waals surface area (Å²) in [5, 5.41) is 10.2. The number of methoxy groups -OCH3 is 2. The smallest absolute Gasteiger partial charge is 0.326 e. The molecule has 6 nitrogen and oxygen atoms in total. The van der Waals surface area contributed by atoms with Crippen LogP contribution in [-0.4, -0.2) is 43.7 Å². The number of hydrogen-bond donors (Lipinski definition) is 1. The second kappa shape index (κ2) is 7.58. The Kier molecular flexibility index (Phi) is 5.20. The van der Waals surface area contributed by atoms with Gasteiger partial charge in [-0.05, 0) is 40.2 Å². The van der Waals surface area contributed by atoms with Crippen LogP contribution >= 0.6 is 31.9 Å². The zero-order valence-electron chi connectivity index (χ0n) is 17.3. The molecule has 0 spiro atoms. The van der Waals surface area contributed by atoms with Crippen LogP contribution < -0.4 is 14.4 Å². The summed E-state index contributed by atoms with van der Waals surface area (Å²) in [5.74, 6) is -2.49. The van der Waals surface area contributed by atoms with Gasteiger partial charge in [-0.25, -0.2) is 0 Å². The number of nitrogens with zero attached hydrogens (tertiary/aromatic N) is 2. The van der Waals surface area contributed by atoms with E-state index in [0.29, 0.717) is 49.1 Å². The first kappa shape index (κ1) is 21.9. The molecule has 1 aromatic heterocycles. The summed E-state index contributed by atoms with van der Waals surface area (Å²) in [6.45, 7) is 0.535. The van der Waals surface area contributed by atoms with Crippen LogP contribution in [0.2, 0.25) is 0 Å². The van der Waals surface area contributed by atoms with E-state index in [9.17, 15) is 5.11 Å².